The van der Waals surface area contributed by atoms with Crippen molar-refractivity contribution in [3.8, 4) is 0 Å². The number of Topliss-reactive ketones (excluding diaryl/α,β-unsaturated/α-hetero) is 1. The maximum Gasteiger partial charge on any atom is 0.311 e. The summed E-state index contributed by atoms with van der Waals surface area (Å²) >= 11 is 0. The molecule has 4 saturated heterocycles. The summed E-state index contributed by atoms with van der Waals surface area (Å²) in [4.78, 5) is 25.9. The predicted octanol–water partition coefficient (Wildman–Crippen LogP) is 4.22. The second kappa shape index (κ2) is 12.0. The molecule has 4 aliphatic rings. The largest absolute Gasteiger partial charge is 0.465 e. The van der Waals surface area contributed by atoms with Crippen LogP contribution < -0.4 is 0 Å². The van der Waals surface area contributed by atoms with Gasteiger partial charge in [0.2, 0.25) is 0 Å². The monoisotopic (exact) mass is 554 g/mol. The Morgan fingerprint density at radius 3 is 2.28 bits per heavy atom. The first kappa shape index (κ1) is 30.8. The van der Waals surface area contributed by atoms with Gasteiger partial charge in [-0.3, -0.25) is 9.59 Å². The number of ketones is 1. The molecule has 224 valence electrons. The van der Waals surface area contributed by atoms with Gasteiger partial charge in [0.1, 0.15) is 24.4 Å². The lowest BCUT2D eigenvalue weighted by Crippen LogP contribution is -2.59. The van der Waals surface area contributed by atoms with Crippen molar-refractivity contribution in [2.75, 3.05) is 13.2 Å². The van der Waals surface area contributed by atoms with Crippen molar-refractivity contribution in [2.24, 2.45) is 17.3 Å². The molecule has 8 atom stereocenters. The predicted molar refractivity (Wildman–Crippen MR) is 143 cm³/mol. The fourth-order valence-corrected chi connectivity index (χ4v) is 6.19. The minimum atomic E-state index is -0.756. The topological polar surface area (TPSA) is 98.8 Å². The van der Waals surface area contributed by atoms with Gasteiger partial charge >= 0.3 is 5.97 Å². The highest BCUT2D eigenvalue weighted by Crippen LogP contribution is 2.41. The summed E-state index contributed by atoms with van der Waals surface area (Å²) in [7, 11) is 0. The number of rotatable bonds is 9. The van der Waals surface area contributed by atoms with Gasteiger partial charge in [-0.15, -0.1) is 0 Å². The van der Waals surface area contributed by atoms with Crippen molar-refractivity contribution < 1.29 is 42.7 Å². The Morgan fingerprint density at radius 1 is 1.00 bits per heavy atom. The van der Waals surface area contributed by atoms with E-state index in [1.165, 1.54) is 0 Å². The van der Waals surface area contributed by atoms with Crippen molar-refractivity contribution in [1.82, 2.24) is 0 Å². The van der Waals surface area contributed by atoms with E-state index in [-0.39, 0.29) is 48.9 Å². The van der Waals surface area contributed by atoms with E-state index in [4.69, 9.17) is 33.2 Å². The molecule has 0 aromatic heterocycles. The number of esters is 1. The molecular formula is C30H50O9. The van der Waals surface area contributed by atoms with Crippen LogP contribution in [-0.4, -0.2) is 85.7 Å². The van der Waals surface area contributed by atoms with E-state index in [0.717, 1.165) is 6.42 Å². The first-order valence-electron chi connectivity index (χ1n) is 14.8. The van der Waals surface area contributed by atoms with E-state index in [9.17, 15) is 9.59 Å². The van der Waals surface area contributed by atoms with Crippen LogP contribution in [0.5, 0.6) is 0 Å². The molecule has 4 heterocycles. The van der Waals surface area contributed by atoms with Gasteiger partial charge in [0.25, 0.3) is 0 Å². The number of hydrogen-bond donors (Lipinski definition) is 0. The Morgan fingerprint density at radius 2 is 1.69 bits per heavy atom. The van der Waals surface area contributed by atoms with E-state index in [0.29, 0.717) is 37.7 Å². The van der Waals surface area contributed by atoms with E-state index in [1.807, 2.05) is 34.6 Å². The first-order chi connectivity index (χ1) is 18.2. The summed E-state index contributed by atoms with van der Waals surface area (Å²) < 4.78 is 43.3. The van der Waals surface area contributed by atoms with Gasteiger partial charge in [0.05, 0.1) is 49.1 Å². The summed E-state index contributed by atoms with van der Waals surface area (Å²) in [6.45, 7) is 18.6. The normalized spacial score (nSPS) is 36.5. The van der Waals surface area contributed by atoms with Crippen LogP contribution in [0.3, 0.4) is 0 Å². The van der Waals surface area contributed by atoms with Crippen LogP contribution in [0.25, 0.3) is 0 Å². The highest BCUT2D eigenvalue weighted by atomic mass is 16.7. The van der Waals surface area contributed by atoms with Gasteiger partial charge in [0.15, 0.2) is 11.6 Å². The number of ether oxygens (including phenoxy) is 7. The van der Waals surface area contributed by atoms with Gasteiger partial charge in [0, 0.05) is 12.8 Å². The lowest BCUT2D eigenvalue weighted by molar-refractivity contribution is -0.217. The average molecular weight is 555 g/mol. The van der Waals surface area contributed by atoms with Crippen LogP contribution in [0, 0.1) is 17.3 Å². The van der Waals surface area contributed by atoms with Crippen LogP contribution in [0.4, 0.5) is 0 Å². The lowest BCUT2D eigenvalue weighted by atomic mass is 9.88. The molecule has 0 spiro atoms. The summed E-state index contributed by atoms with van der Waals surface area (Å²) in [5.41, 5.74) is -0.550. The summed E-state index contributed by atoms with van der Waals surface area (Å²) in [5.74, 6) is -0.372. The summed E-state index contributed by atoms with van der Waals surface area (Å²) in [6.07, 6.45) is -0.849. The molecule has 0 aromatic carbocycles. The zero-order valence-electron chi connectivity index (χ0n) is 25.3. The van der Waals surface area contributed by atoms with Gasteiger partial charge in [-0.05, 0) is 59.3 Å². The third-order valence-electron chi connectivity index (χ3n) is 8.13. The quantitative estimate of drug-likeness (QED) is 0.388. The maximum atomic E-state index is 13.8. The fourth-order valence-electron chi connectivity index (χ4n) is 6.19. The molecule has 0 aromatic rings. The van der Waals surface area contributed by atoms with Gasteiger partial charge < -0.3 is 33.2 Å². The van der Waals surface area contributed by atoms with Crippen molar-refractivity contribution >= 4 is 11.8 Å². The molecule has 4 aliphatic heterocycles. The number of hydrogen-bond acceptors (Lipinski definition) is 9. The van der Waals surface area contributed by atoms with Gasteiger partial charge in [-0.1, -0.05) is 27.7 Å². The van der Waals surface area contributed by atoms with E-state index in [1.54, 1.807) is 0 Å². The van der Waals surface area contributed by atoms with Crippen LogP contribution in [0.15, 0.2) is 0 Å². The molecule has 0 bridgehead atoms. The molecule has 0 radical (unpaired) electrons. The van der Waals surface area contributed by atoms with Crippen molar-refractivity contribution in [3.63, 3.8) is 0 Å². The Kier molecular flexibility index (Phi) is 9.51. The molecular weight excluding hydrogens is 504 g/mol. The smallest absolute Gasteiger partial charge is 0.311 e. The highest BCUT2D eigenvalue weighted by Gasteiger charge is 2.58. The van der Waals surface area contributed by atoms with Crippen molar-refractivity contribution in [3.05, 3.63) is 0 Å². The molecule has 0 unspecified atom stereocenters. The van der Waals surface area contributed by atoms with Crippen LogP contribution in [0.1, 0.15) is 88.0 Å². The van der Waals surface area contributed by atoms with Gasteiger partial charge in [-0.2, -0.15) is 0 Å². The standard InChI is InChI=1S/C30H50O9/c1-16(2)23(17(3)4)38-25-21(14-19-15-34-30(8,9)39-19)37-26-22(31)24-20(36-27(25)26)11-10-18(35-24)12-13-33-28(32)29(5,6)7/h16-21,23-27H,10-15H2,1-9H3/t18-,19-,20+,21-,24+,25+,26+,27+/m1/s1. The lowest BCUT2D eigenvalue weighted by Gasteiger charge is -2.43. The third-order valence-corrected chi connectivity index (χ3v) is 8.13. The molecule has 4 fully saturated rings. The third kappa shape index (κ3) is 7.22. The number of carbonyl (C=O) groups is 2. The molecule has 39 heavy (non-hydrogen) atoms. The van der Waals surface area contributed by atoms with E-state index in [2.05, 4.69) is 27.7 Å². The van der Waals surface area contributed by atoms with Gasteiger partial charge in [-0.25, -0.2) is 0 Å². The van der Waals surface area contributed by atoms with Crippen LogP contribution in [0.2, 0.25) is 0 Å². The minimum absolute atomic E-state index is 0.00346. The molecule has 0 saturated carbocycles. The Balaban J connectivity index is 1.44. The second-order valence-corrected chi connectivity index (χ2v) is 13.8. The SMILES string of the molecule is CC(C)C(O[C@@H]1[C@@H]2O[C@H]3CC[C@H](CCOC(=O)C(C)(C)C)O[C@@H]3C(=O)[C@@H]2O[C@@H]1C[C@@H]1COC(C)(C)O1)C(C)C. The van der Waals surface area contributed by atoms with Crippen molar-refractivity contribution in [1.29, 1.82) is 0 Å². The zero-order valence-corrected chi connectivity index (χ0v) is 25.3. The maximum absolute atomic E-state index is 13.8. The molecule has 0 aliphatic carbocycles. The Labute approximate surface area is 233 Å². The fraction of sp³-hybridized carbons (Fsp3) is 0.933. The summed E-state index contributed by atoms with van der Waals surface area (Å²) in [6, 6.07) is 0. The molecule has 0 amide bonds. The first-order valence-corrected chi connectivity index (χ1v) is 14.8. The molecule has 9 heteroatoms. The number of carbonyl (C=O) groups excluding carboxylic acids is 2. The van der Waals surface area contributed by atoms with E-state index < -0.39 is 35.6 Å². The molecule has 9 nitrogen and oxygen atoms in total. The second-order valence-electron chi connectivity index (χ2n) is 13.8. The molecule has 0 N–H and O–H groups in total. The highest BCUT2D eigenvalue weighted by molar-refractivity contribution is 5.90. The average Bonchev–Trinajstić information content (AvgIpc) is 3.35. The Hall–Kier alpha value is -1.10. The Bertz CT molecular complexity index is 855. The minimum Gasteiger partial charge on any atom is -0.465 e. The van der Waals surface area contributed by atoms with E-state index >= 15 is 0 Å². The zero-order chi connectivity index (χ0) is 28.7. The summed E-state index contributed by atoms with van der Waals surface area (Å²) in [5, 5.41) is 0. The van der Waals surface area contributed by atoms with Crippen LogP contribution >= 0.6 is 0 Å². The number of fused-ring (bicyclic) bond motifs is 2. The van der Waals surface area contributed by atoms with Crippen LogP contribution in [-0.2, 0) is 42.7 Å². The molecule has 4 rings (SSSR count). The van der Waals surface area contributed by atoms with Crippen molar-refractivity contribution in [2.45, 2.75) is 149 Å².